The van der Waals surface area contributed by atoms with Crippen LogP contribution in [0.2, 0.25) is 0 Å². The lowest BCUT2D eigenvalue weighted by Gasteiger charge is -2.09. The van der Waals surface area contributed by atoms with Crippen LogP contribution in [-0.4, -0.2) is 16.0 Å². The van der Waals surface area contributed by atoms with Crippen molar-refractivity contribution in [1.82, 2.24) is 15.6 Å². The van der Waals surface area contributed by atoms with E-state index in [1.54, 1.807) is 12.4 Å². The first-order chi connectivity index (χ1) is 9.74. The molecule has 0 bridgehead atoms. The number of amides is 1. The minimum absolute atomic E-state index is 0.125. The first-order valence-corrected chi connectivity index (χ1v) is 6.65. The fraction of sp³-hybridized carbons (Fsp3) is 0.133. The summed E-state index contributed by atoms with van der Waals surface area (Å²) in [6.07, 6.45) is 3.78. The molecule has 0 fully saturated rings. The molecular weight excluding hydrogens is 270 g/mol. The monoisotopic (exact) mass is 285 g/mol. The van der Waals surface area contributed by atoms with Crippen molar-refractivity contribution in [3.63, 3.8) is 0 Å². The average molecular weight is 285 g/mol. The fourth-order valence-electron chi connectivity index (χ4n) is 1.68. The topological polar surface area (TPSA) is 54.0 Å². The number of nitrogens with one attached hydrogen (secondary N) is 2. The molecule has 0 saturated carbocycles. The van der Waals surface area contributed by atoms with E-state index in [1.807, 2.05) is 42.5 Å². The molecule has 1 heterocycles. The van der Waals surface area contributed by atoms with Crippen LogP contribution in [-0.2, 0) is 17.8 Å². The highest BCUT2D eigenvalue weighted by Crippen LogP contribution is 1.99. The molecule has 4 nitrogen and oxygen atoms in total. The second kappa shape index (κ2) is 7.35. The van der Waals surface area contributed by atoms with Crippen molar-refractivity contribution in [2.24, 2.45) is 0 Å². The lowest BCUT2D eigenvalue weighted by molar-refractivity contribution is -0.119. The van der Waals surface area contributed by atoms with E-state index in [0.29, 0.717) is 18.1 Å². The molecule has 20 heavy (non-hydrogen) atoms. The summed E-state index contributed by atoms with van der Waals surface area (Å²) in [5.74, 6) is -0.125. The highest BCUT2D eigenvalue weighted by molar-refractivity contribution is 7.80. The summed E-state index contributed by atoms with van der Waals surface area (Å²) in [6.45, 7) is 0.540. The van der Waals surface area contributed by atoms with Crippen molar-refractivity contribution < 1.29 is 4.79 Å². The fourth-order valence-corrected chi connectivity index (χ4v) is 1.87. The van der Waals surface area contributed by atoms with Crippen molar-refractivity contribution in [3.8, 4) is 0 Å². The standard InChI is InChI=1S/C15H15N3OS/c19-14(9-12-5-2-1-3-6-12)18-15(20)17-11-13-7-4-8-16-10-13/h1-8,10H,9,11H2,(H2,17,18,19,20). The summed E-state index contributed by atoms with van der Waals surface area (Å²) in [4.78, 5) is 15.8. The van der Waals surface area contributed by atoms with Crippen LogP contribution in [0.1, 0.15) is 11.1 Å². The highest BCUT2D eigenvalue weighted by atomic mass is 32.1. The van der Waals surface area contributed by atoms with Crippen LogP contribution >= 0.6 is 12.2 Å². The number of carbonyl (C=O) groups is 1. The molecule has 0 spiro atoms. The Morgan fingerprint density at radius 1 is 1.10 bits per heavy atom. The molecule has 0 aliphatic rings. The predicted molar refractivity (Wildman–Crippen MR) is 82.0 cm³/mol. The lowest BCUT2D eigenvalue weighted by atomic mass is 10.1. The first-order valence-electron chi connectivity index (χ1n) is 6.24. The third-order valence-corrected chi connectivity index (χ3v) is 2.88. The van der Waals surface area contributed by atoms with Gasteiger partial charge in [-0.2, -0.15) is 0 Å². The second-order valence-corrected chi connectivity index (χ2v) is 4.66. The van der Waals surface area contributed by atoms with Gasteiger partial charge in [0, 0.05) is 18.9 Å². The maximum Gasteiger partial charge on any atom is 0.230 e. The van der Waals surface area contributed by atoms with E-state index in [-0.39, 0.29) is 5.91 Å². The van der Waals surface area contributed by atoms with Crippen molar-refractivity contribution in [3.05, 3.63) is 66.0 Å². The van der Waals surface area contributed by atoms with Gasteiger partial charge in [-0.15, -0.1) is 0 Å². The van der Waals surface area contributed by atoms with E-state index in [2.05, 4.69) is 15.6 Å². The molecule has 0 saturated heterocycles. The molecule has 1 aromatic heterocycles. The van der Waals surface area contributed by atoms with E-state index >= 15 is 0 Å². The van der Waals surface area contributed by atoms with Gasteiger partial charge in [0.1, 0.15) is 0 Å². The maximum absolute atomic E-state index is 11.8. The molecule has 2 N–H and O–H groups in total. The average Bonchev–Trinajstić information content (AvgIpc) is 2.47. The summed E-state index contributed by atoms with van der Waals surface area (Å²) in [7, 11) is 0. The summed E-state index contributed by atoms with van der Waals surface area (Å²) in [5.41, 5.74) is 1.97. The van der Waals surface area contributed by atoms with Gasteiger partial charge in [0.05, 0.1) is 6.42 Å². The Labute approximate surface area is 123 Å². The molecule has 2 rings (SSSR count). The zero-order valence-electron chi connectivity index (χ0n) is 10.9. The van der Waals surface area contributed by atoms with E-state index in [1.165, 1.54) is 0 Å². The third-order valence-electron chi connectivity index (χ3n) is 2.64. The Balaban J connectivity index is 1.75. The van der Waals surface area contributed by atoms with Gasteiger partial charge in [0.15, 0.2) is 5.11 Å². The van der Waals surface area contributed by atoms with Gasteiger partial charge in [-0.1, -0.05) is 36.4 Å². The van der Waals surface area contributed by atoms with Gasteiger partial charge in [-0.25, -0.2) is 0 Å². The number of hydrogen-bond donors (Lipinski definition) is 2. The normalized spacial score (nSPS) is 9.80. The van der Waals surface area contributed by atoms with E-state index in [0.717, 1.165) is 11.1 Å². The number of hydrogen-bond acceptors (Lipinski definition) is 3. The summed E-state index contributed by atoms with van der Waals surface area (Å²) in [6, 6.07) is 13.3. The quantitative estimate of drug-likeness (QED) is 0.841. The van der Waals surface area contributed by atoms with Gasteiger partial charge in [0.25, 0.3) is 0 Å². The van der Waals surface area contributed by atoms with E-state index < -0.39 is 0 Å². The van der Waals surface area contributed by atoms with Crippen molar-refractivity contribution in [2.45, 2.75) is 13.0 Å². The van der Waals surface area contributed by atoms with Crippen LogP contribution in [0.15, 0.2) is 54.9 Å². The minimum Gasteiger partial charge on any atom is -0.358 e. The molecule has 1 amide bonds. The number of benzene rings is 1. The predicted octanol–water partition coefficient (Wildman–Crippen LogP) is 1.81. The van der Waals surface area contributed by atoms with Gasteiger partial charge < -0.3 is 10.6 Å². The Hall–Kier alpha value is -2.27. The Morgan fingerprint density at radius 3 is 2.55 bits per heavy atom. The number of carbonyl (C=O) groups excluding carboxylic acids is 1. The Bertz CT molecular complexity index is 572. The van der Waals surface area contributed by atoms with Gasteiger partial charge >= 0.3 is 0 Å². The summed E-state index contributed by atoms with van der Waals surface area (Å²) in [5, 5.41) is 5.96. The van der Waals surface area contributed by atoms with E-state index in [4.69, 9.17) is 12.2 Å². The zero-order chi connectivity index (χ0) is 14.2. The largest absolute Gasteiger partial charge is 0.358 e. The molecule has 0 radical (unpaired) electrons. The molecule has 102 valence electrons. The highest BCUT2D eigenvalue weighted by Gasteiger charge is 2.05. The molecule has 2 aromatic rings. The van der Waals surface area contributed by atoms with Crippen LogP contribution in [0, 0.1) is 0 Å². The SMILES string of the molecule is O=C(Cc1ccccc1)NC(=S)NCc1cccnc1. The molecule has 0 atom stereocenters. The molecule has 0 aliphatic carbocycles. The summed E-state index contributed by atoms with van der Waals surface area (Å²) >= 11 is 5.08. The van der Waals surface area contributed by atoms with Crippen LogP contribution in [0.5, 0.6) is 0 Å². The third kappa shape index (κ3) is 4.78. The Kier molecular flexibility index (Phi) is 5.20. The van der Waals surface area contributed by atoms with Crippen LogP contribution in [0.3, 0.4) is 0 Å². The van der Waals surface area contributed by atoms with E-state index in [9.17, 15) is 4.79 Å². The minimum atomic E-state index is -0.125. The maximum atomic E-state index is 11.8. The molecular formula is C15H15N3OS. The van der Waals surface area contributed by atoms with Gasteiger partial charge in [-0.3, -0.25) is 9.78 Å². The van der Waals surface area contributed by atoms with Crippen LogP contribution in [0.25, 0.3) is 0 Å². The molecule has 0 aliphatic heterocycles. The Morgan fingerprint density at radius 2 is 1.85 bits per heavy atom. The van der Waals surface area contributed by atoms with Gasteiger partial charge in [-0.05, 0) is 29.4 Å². The number of rotatable bonds is 4. The van der Waals surface area contributed by atoms with Crippen molar-refractivity contribution >= 4 is 23.2 Å². The number of aromatic nitrogens is 1. The van der Waals surface area contributed by atoms with Crippen LogP contribution in [0.4, 0.5) is 0 Å². The van der Waals surface area contributed by atoms with Crippen molar-refractivity contribution in [1.29, 1.82) is 0 Å². The number of thiocarbonyl (C=S) groups is 1. The second-order valence-electron chi connectivity index (χ2n) is 4.25. The number of nitrogens with zero attached hydrogens (tertiary/aromatic N) is 1. The molecule has 1 aromatic carbocycles. The summed E-state index contributed by atoms with van der Waals surface area (Å²) < 4.78 is 0. The van der Waals surface area contributed by atoms with Crippen LogP contribution < -0.4 is 10.6 Å². The van der Waals surface area contributed by atoms with Crippen molar-refractivity contribution in [2.75, 3.05) is 0 Å². The van der Waals surface area contributed by atoms with Gasteiger partial charge in [0.2, 0.25) is 5.91 Å². The zero-order valence-corrected chi connectivity index (χ0v) is 11.7. The first kappa shape index (κ1) is 14.1. The molecule has 0 unspecified atom stereocenters. The number of pyridine rings is 1. The molecule has 5 heteroatoms. The lowest BCUT2D eigenvalue weighted by Crippen LogP contribution is -2.39. The smallest absolute Gasteiger partial charge is 0.230 e.